The second kappa shape index (κ2) is 7.89. The zero-order chi connectivity index (χ0) is 22.5. The number of aromatic amines is 1. The van der Waals surface area contributed by atoms with Crippen molar-refractivity contribution in [3.8, 4) is 5.75 Å². The first-order valence-corrected chi connectivity index (χ1v) is 10.2. The highest BCUT2D eigenvalue weighted by Gasteiger charge is 2.38. The Hall–Kier alpha value is -2.92. The van der Waals surface area contributed by atoms with E-state index in [1.165, 1.54) is 18.5 Å². The van der Waals surface area contributed by atoms with Crippen molar-refractivity contribution in [2.75, 3.05) is 31.6 Å². The maximum atomic E-state index is 13.8. The molecule has 3 aromatic rings. The van der Waals surface area contributed by atoms with Gasteiger partial charge < -0.3 is 19.8 Å². The minimum atomic E-state index is -4.53. The standard InChI is InChI=1S/C21H21F4N5O2/c1-11-8-30(4-5-31-11)15-9-32-16-6-12(22)2-3-13(16)18(15)29-20-14-7-17(21(23,24)25)28-19(14)26-10-27-20/h2-3,6-7,10-11,15,18H,4-5,8-9H2,1H3,(H2,26,27,28,29)/t11-,15+,18+/m1/s1. The van der Waals surface area contributed by atoms with Crippen LogP contribution in [-0.2, 0) is 10.9 Å². The van der Waals surface area contributed by atoms with Gasteiger partial charge in [0.15, 0.2) is 0 Å². The molecule has 0 bridgehead atoms. The van der Waals surface area contributed by atoms with Gasteiger partial charge in [-0.3, -0.25) is 4.90 Å². The van der Waals surface area contributed by atoms with E-state index in [-0.39, 0.29) is 35.6 Å². The van der Waals surface area contributed by atoms with Crippen molar-refractivity contribution < 1.29 is 27.0 Å². The number of halogens is 4. The molecule has 2 N–H and O–H groups in total. The van der Waals surface area contributed by atoms with Crippen molar-refractivity contribution in [2.24, 2.45) is 0 Å². The summed E-state index contributed by atoms with van der Waals surface area (Å²) < 4.78 is 65.0. The number of hydrogen-bond donors (Lipinski definition) is 2. The largest absolute Gasteiger partial charge is 0.491 e. The number of H-pyrrole nitrogens is 1. The first kappa shape index (κ1) is 21.0. The summed E-state index contributed by atoms with van der Waals surface area (Å²) >= 11 is 0. The summed E-state index contributed by atoms with van der Waals surface area (Å²) in [6, 6.07) is 4.73. The Labute approximate surface area is 180 Å². The van der Waals surface area contributed by atoms with E-state index in [0.29, 0.717) is 31.0 Å². The fourth-order valence-electron chi connectivity index (χ4n) is 4.36. The van der Waals surface area contributed by atoms with Crippen LogP contribution in [-0.4, -0.2) is 58.3 Å². The third kappa shape index (κ3) is 3.86. The Morgan fingerprint density at radius 2 is 2.06 bits per heavy atom. The molecule has 1 fully saturated rings. The number of morpholine rings is 1. The van der Waals surface area contributed by atoms with Crippen LogP contribution in [0.4, 0.5) is 23.4 Å². The van der Waals surface area contributed by atoms with E-state index in [1.807, 2.05) is 6.92 Å². The van der Waals surface area contributed by atoms with Gasteiger partial charge in [-0.2, -0.15) is 13.2 Å². The number of alkyl halides is 3. The highest BCUT2D eigenvalue weighted by atomic mass is 19.4. The lowest BCUT2D eigenvalue weighted by molar-refractivity contribution is -0.140. The van der Waals surface area contributed by atoms with E-state index < -0.39 is 23.7 Å². The van der Waals surface area contributed by atoms with E-state index >= 15 is 0 Å². The molecule has 0 spiro atoms. The molecule has 1 aromatic carbocycles. The number of fused-ring (bicyclic) bond motifs is 2. The van der Waals surface area contributed by atoms with E-state index in [4.69, 9.17) is 9.47 Å². The first-order valence-electron chi connectivity index (χ1n) is 10.2. The third-order valence-corrected chi connectivity index (χ3v) is 5.87. The van der Waals surface area contributed by atoms with Gasteiger partial charge in [0.05, 0.1) is 30.2 Å². The molecule has 0 unspecified atom stereocenters. The van der Waals surface area contributed by atoms with Crippen LogP contribution >= 0.6 is 0 Å². The molecule has 1 saturated heterocycles. The smallest absolute Gasteiger partial charge is 0.431 e. The van der Waals surface area contributed by atoms with Crippen molar-refractivity contribution in [3.63, 3.8) is 0 Å². The lowest BCUT2D eigenvalue weighted by Crippen LogP contribution is -2.54. The topological polar surface area (TPSA) is 75.3 Å². The van der Waals surface area contributed by atoms with Crippen molar-refractivity contribution in [3.05, 3.63) is 47.7 Å². The molecule has 32 heavy (non-hydrogen) atoms. The Balaban J connectivity index is 1.55. The third-order valence-electron chi connectivity index (χ3n) is 5.87. The molecule has 11 heteroatoms. The van der Waals surface area contributed by atoms with Crippen LogP contribution in [0.25, 0.3) is 11.0 Å². The molecular formula is C21H21F4N5O2. The SMILES string of the molecule is C[C@@H]1CN([C@H]2COc3cc(F)ccc3[C@@H]2Nc2ncnc3[nH]c(C(F)(F)F)cc23)CCO1. The number of benzene rings is 1. The summed E-state index contributed by atoms with van der Waals surface area (Å²) in [5.74, 6) is 0.233. The molecule has 0 saturated carbocycles. The van der Waals surface area contributed by atoms with Gasteiger partial charge in [0.2, 0.25) is 0 Å². The summed E-state index contributed by atoms with van der Waals surface area (Å²) in [4.78, 5) is 12.7. The molecule has 2 aliphatic heterocycles. The summed E-state index contributed by atoms with van der Waals surface area (Å²) in [7, 11) is 0. The summed E-state index contributed by atoms with van der Waals surface area (Å²) in [6.07, 6.45) is -3.30. The van der Waals surface area contributed by atoms with E-state index in [9.17, 15) is 17.6 Å². The monoisotopic (exact) mass is 451 g/mol. The molecule has 2 aliphatic rings. The lowest BCUT2D eigenvalue weighted by Gasteiger charge is -2.43. The average molecular weight is 451 g/mol. The molecule has 170 valence electrons. The molecule has 0 aliphatic carbocycles. The maximum absolute atomic E-state index is 13.8. The van der Waals surface area contributed by atoms with E-state index in [0.717, 1.165) is 6.07 Å². The number of ether oxygens (including phenoxy) is 2. The highest BCUT2D eigenvalue weighted by molar-refractivity contribution is 5.88. The second-order valence-electron chi connectivity index (χ2n) is 8.02. The molecule has 0 amide bonds. The van der Waals surface area contributed by atoms with Gasteiger partial charge in [-0.1, -0.05) is 6.07 Å². The normalized spacial score (nSPS) is 24.2. The Kier molecular flexibility index (Phi) is 5.17. The Morgan fingerprint density at radius 1 is 1.22 bits per heavy atom. The number of aromatic nitrogens is 3. The maximum Gasteiger partial charge on any atom is 0.431 e. The van der Waals surface area contributed by atoms with Crippen LogP contribution in [0.3, 0.4) is 0 Å². The van der Waals surface area contributed by atoms with Crippen LogP contribution in [0.1, 0.15) is 24.2 Å². The van der Waals surface area contributed by atoms with Crippen LogP contribution < -0.4 is 10.1 Å². The van der Waals surface area contributed by atoms with Gasteiger partial charge in [-0.15, -0.1) is 0 Å². The predicted octanol–water partition coefficient (Wildman–Crippen LogP) is 3.75. The highest BCUT2D eigenvalue weighted by Crippen LogP contribution is 2.39. The number of nitrogens with zero attached hydrogens (tertiary/aromatic N) is 3. The van der Waals surface area contributed by atoms with E-state index in [2.05, 4.69) is 25.2 Å². The van der Waals surface area contributed by atoms with Crippen molar-refractivity contribution in [1.82, 2.24) is 19.9 Å². The molecule has 0 radical (unpaired) electrons. The molecule has 3 atom stereocenters. The van der Waals surface area contributed by atoms with Crippen LogP contribution in [0.5, 0.6) is 5.75 Å². The molecule has 4 heterocycles. The van der Waals surface area contributed by atoms with Gasteiger partial charge in [-0.25, -0.2) is 14.4 Å². The van der Waals surface area contributed by atoms with E-state index in [1.54, 1.807) is 6.07 Å². The van der Waals surface area contributed by atoms with Gasteiger partial charge in [0, 0.05) is 24.7 Å². The number of rotatable bonds is 3. The number of hydrogen-bond acceptors (Lipinski definition) is 6. The number of anilines is 1. The fourth-order valence-corrected chi connectivity index (χ4v) is 4.36. The van der Waals surface area contributed by atoms with Crippen LogP contribution in [0, 0.1) is 5.82 Å². The minimum Gasteiger partial charge on any atom is -0.491 e. The minimum absolute atomic E-state index is 0.0313. The first-order chi connectivity index (χ1) is 15.3. The molecule has 2 aromatic heterocycles. The van der Waals surface area contributed by atoms with Crippen molar-refractivity contribution in [2.45, 2.75) is 31.3 Å². The molecule has 5 rings (SSSR count). The van der Waals surface area contributed by atoms with Crippen molar-refractivity contribution in [1.29, 1.82) is 0 Å². The summed E-state index contributed by atoms with van der Waals surface area (Å²) in [6.45, 7) is 4.17. The summed E-state index contributed by atoms with van der Waals surface area (Å²) in [5, 5.41) is 3.53. The fraction of sp³-hybridized carbons (Fsp3) is 0.429. The van der Waals surface area contributed by atoms with Gasteiger partial charge >= 0.3 is 6.18 Å². The summed E-state index contributed by atoms with van der Waals surface area (Å²) in [5.41, 5.74) is -0.109. The lowest BCUT2D eigenvalue weighted by atomic mass is 9.94. The second-order valence-corrected chi connectivity index (χ2v) is 8.02. The quantitative estimate of drug-likeness (QED) is 0.591. The van der Waals surface area contributed by atoms with Crippen LogP contribution in [0.2, 0.25) is 0 Å². The average Bonchev–Trinajstić information content (AvgIpc) is 3.20. The van der Waals surface area contributed by atoms with Gasteiger partial charge in [-0.05, 0) is 19.1 Å². The van der Waals surface area contributed by atoms with Gasteiger partial charge in [0.25, 0.3) is 0 Å². The molecule has 7 nitrogen and oxygen atoms in total. The van der Waals surface area contributed by atoms with Gasteiger partial charge in [0.1, 0.15) is 41.7 Å². The van der Waals surface area contributed by atoms with Crippen LogP contribution in [0.15, 0.2) is 30.6 Å². The Bertz CT molecular complexity index is 1140. The zero-order valence-electron chi connectivity index (χ0n) is 17.1. The zero-order valence-corrected chi connectivity index (χ0v) is 17.1. The predicted molar refractivity (Wildman–Crippen MR) is 108 cm³/mol. The Morgan fingerprint density at radius 3 is 2.84 bits per heavy atom. The molecular weight excluding hydrogens is 430 g/mol. The number of nitrogens with one attached hydrogen (secondary N) is 2. The van der Waals surface area contributed by atoms with Crippen molar-refractivity contribution >= 4 is 16.9 Å².